The number of halogens is 3. The summed E-state index contributed by atoms with van der Waals surface area (Å²) in [5.41, 5.74) is 3.17. The summed E-state index contributed by atoms with van der Waals surface area (Å²) in [6.07, 6.45) is 1.57. The van der Waals surface area contributed by atoms with Gasteiger partial charge in [-0.15, -0.1) is 0 Å². The number of pyridine rings is 1. The van der Waals surface area contributed by atoms with Crippen molar-refractivity contribution >= 4 is 29.3 Å². The van der Waals surface area contributed by atoms with E-state index in [1.807, 2.05) is 39.8 Å². The zero-order chi connectivity index (χ0) is 24.8. The Hall–Kier alpha value is -2.44. The van der Waals surface area contributed by atoms with Gasteiger partial charge in [-0.2, -0.15) is 8.78 Å². The first-order valence-corrected chi connectivity index (χ1v) is 11.9. The van der Waals surface area contributed by atoms with Crippen LogP contribution < -0.4 is 5.32 Å². The molecule has 1 amide bonds. The van der Waals surface area contributed by atoms with Gasteiger partial charge in [-0.05, 0) is 57.0 Å². The molecule has 0 bridgehead atoms. The maximum Gasteiger partial charge on any atom is 0.290 e. The molecule has 0 saturated carbocycles. The number of alkyl halides is 2. The standard InChI is InChI=1S/C24H23ClF2N2OS.C2H6/c1-14-5-8-20(16(3)9-14)24(26,27)13-29-23(30)19-10-17(4)28-12-22(19)31-18-7-6-15(2)21(25)11-18;1-2/h5-12H,13H2,1-4H3,(H,29,30);1-2H3. The van der Waals surface area contributed by atoms with Gasteiger partial charge in [0.25, 0.3) is 11.8 Å². The predicted octanol–water partition coefficient (Wildman–Crippen LogP) is 7.67. The summed E-state index contributed by atoms with van der Waals surface area (Å²) in [6, 6.07) is 11.9. The van der Waals surface area contributed by atoms with E-state index in [0.29, 0.717) is 26.7 Å². The van der Waals surface area contributed by atoms with Gasteiger partial charge in [0, 0.05) is 32.3 Å². The molecule has 1 N–H and O–H groups in total. The Kier molecular flexibility index (Phi) is 9.44. The van der Waals surface area contributed by atoms with Gasteiger partial charge < -0.3 is 5.32 Å². The van der Waals surface area contributed by atoms with E-state index in [1.54, 1.807) is 44.3 Å². The summed E-state index contributed by atoms with van der Waals surface area (Å²) in [7, 11) is 0. The van der Waals surface area contributed by atoms with Crippen LogP contribution in [0.15, 0.2) is 58.5 Å². The van der Waals surface area contributed by atoms with E-state index >= 15 is 0 Å². The Labute approximate surface area is 204 Å². The first kappa shape index (κ1) is 26.8. The molecule has 2 aromatic carbocycles. The van der Waals surface area contributed by atoms with Crippen molar-refractivity contribution in [3.63, 3.8) is 0 Å². The maximum atomic E-state index is 14.8. The van der Waals surface area contributed by atoms with Crippen LogP contribution in [0.5, 0.6) is 0 Å². The van der Waals surface area contributed by atoms with Crippen molar-refractivity contribution in [1.29, 1.82) is 0 Å². The monoisotopic (exact) mass is 490 g/mol. The molecule has 0 saturated heterocycles. The first-order chi connectivity index (χ1) is 15.6. The lowest BCUT2D eigenvalue weighted by molar-refractivity contribution is -0.00310. The van der Waals surface area contributed by atoms with E-state index < -0.39 is 18.4 Å². The lowest BCUT2D eigenvalue weighted by Crippen LogP contribution is -2.35. The minimum Gasteiger partial charge on any atom is -0.346 e. The maximum absolute atomic E-state index is 14.8. The normalized spacial score (nSPS) is 10.9. The minimum absolute atomic E-state index is 0.0896. The highest BCUT2D eigenvalue weighted by Crippen LogP contribution is 2.34. The van der Waals surface area contributed by atoms with Gasteiger partial charge in [0.15, 0.2) is 0 Å². The second-order valence-corrected chi connectivity index (χ2v) is 9.06. The third-order valence-electron chi connectivity index (χ3n) is 4.87. The Morgan fingerprint density at radius 3 is 2.36 bits per heavy atom. The number of hydrogen-bond acceptors (Lipinski definition) is 3. The zero-order valence-corrected chi connectivity index (χ0v) is 21.3. The SMILES string of the molecule is CC.Cc1ccc(C(F)(F)CNC(=O)c2cc(C)ncc2Sc2ccc(C)c(Cl)c2)c(C)c1. The summed E-state index contributed by atoms with van der Waals surface area (Å²) < 4.78 is 29.6. The van der Waals surface area contributed by atoms with Gasteiger partial charge in [0.05, 0.1) is 12.1 Å². The second-order valence-electron chi connectivity index (χ2n) is 7.54. The van der Waals surface area contributed by atoms with E-state index in [4.69, 9.17) is 11.6 Å². The number of benzene rings is 2. The quantitative estimate of drug-likeness (QED) is 0.385. The van der Waals surface area contributed by atoms with E-state index in [2.05, 4.69) is 10.3 Å². The molecule has 1 heterocycles. The number of rotatable bonds is 6. The van der Waals surface area contributed by atoms with Crippen molar-refractivity contribution in [3.8, 4) is 0 Å². The molecule has 33 heavy (non-hydrogen) atoms. The number of carbonyl (C=O) groups is 1. The van der Waals surface area contributed by atoms with Crippen LogP contribution in [0, 0.1) is 27.7 Å². The third-order valence-corrected chi connectivity index (χ3v) is 6.31. The van der Waals surface area contributed by atoms with E-state index in [0.717, 1.165) is 16.0 Å². The average molecular weight is 491 g/mol. The molecule has 0 aliphatic rings. The lowest BCUT2D eigenvalue weighted by Gasteiger charge is -2.20. The summed E-state index contributed by atoms with van der Waals surface area (Å²) >= 11 is 7.51. The van der Waals surface area contributed by atoms with Crippen molar-refractivity contribution < 1.29 is 13.6 Å². The van der Waals surface area contributed by atoms with Gasteiger partial charge in [-0.1, -0.05) is 67.0 Å². The molecule has 3 rings (SSSR count). The van der Waals surface area contributed by atoms with Gasteiger partial charge >= 0.3 is 0 Å². The van der Waals surface area contributed by atoms with Crippen LogP contribution in [-0.4, -0.2) is 17.4 Å². The molecule has 0 aliphatic carbocycles. The molecule has 1 aromatic heterocycles. The number of amides is 1. The van der Waals surface area contributed by atoms with Crippen LogP contribution in [0.4, 0.5) is 8.78 Å². The number of aryl methyl sites for hydroxylation is 4. The van der Waals surface area contributed by atoms with Crippen LogP contribution in [0.1, 0.15) is 52.2 Å². The average Bonchev–Trinajstić information content (AvgIpc) is 2.77. The van der Waals surface area contributed by atoms with Gasteiger partial charge in [-0.25, -0.2) is 0 Å². The van der Waals surface area contributed by atoms with E-state index in [9.17, 15) is 13.6 Å². The number of nitrogens with zero attached hydrogens (tertiary/aromatic N) is 1. The third kappa shape index (κ3) is 7.02. The van der Waals surface area contributed by atoms with Crippen LogP contribution in [0.3, 0.4) is 0 Å². The van der Waals surface area contributed by atoms with Gasteiger partial charge in [0.1, 0.15) is 0 Å². The molecule has 0 aliphatic heterocycles. The first-order valence-electron chi connectivity index (χ1n) is 10.7. The minimum atomic E-state index is -3.19. The molecule has 0 radical (unpaired) electrons. The predicted molar refractivity (Wildman–Crippen MR) is 133 cm³/mol. The molecule has 176 valence electrons. The molecule has 7 heteroatoms. The number of aromatic nitrogens is 1. The highest BCUT2D eigenvalue weighted by Gasteiger charge is 2.34. The zero-order valence-electron chi connectivity index (χ0n) is 19.7. The summed E-state index contributed by atoms with van der Waals surface area (Å²) in [5, 5.41) is 3.01. The van der Waals surface area contributed by atoms with Crippen molar-refractivity contribution in [2.45, 2.75) is 57.3 Å². The van der Waals surface area contributed by atoms with Crippen LogP contribution in [0.2, 0.25) is 5.02 Å². The van der Waals surface area contributed by atoms with Gasteiger partial charge in [-0.3, -0.25) is 9.78 Å². The Balaban J connectivity index is 0.00000187. The largest absolute Gasteiger partial charge is 0.346 e. The van der Waals surface area contributed by atoms with Crippen molar-refractivity contribution in [2.75, 3.05) is 6.54 Å². The van der Waals surface area contributed by atoms with Gasteiger partial charge in [0.2, 0.25) is 0 Å². The van der Waals surface area contributed by atoms with Crippen LogP contribution >= 0.6 is 23.4 Å². The fourth-order valence-electron chi connectivity index (χ4n) is 3.18. The number of carbonyl (C=O) groups excluding carboxylic acids is 1. The summed E-state index contributed by atoms with van der Waals surface area (Å²) in [5.74, 6) is -3.76. The van der Waals surface area contributed by atoms with Crippen LogP contribution in [0.25, 0.3) is 0 Å². The molecule has 3 nitrogen and oxygen atoms in total. The fourth-order valence-corrected chi connectivity index (χ4v) is 4.35. The summed E-state index contributed by atoms with van der Waals surface area (Å²) in [6.45, 7) is 10.4. The Bertz CT molecular complexity index is 1140. The molecule has 0 fully saturated rings. The fraction of sp³-hybridized carbons (Fsp3) is 0.308. The Morgan fingerprint density at radius 1 is 1.03 bits per heavy atom. The summed E-state index contributed by atoms with van der Waals surface area (Å²) in [4.78, 5) is 18.5. The smallest absolute Gasteiger partial charge is 0.290 e. The number of nitrogens with one attached hydrogen (secondary N) is 1. The molecule has 0 spiro atoms. The Morgan fingerprint density at radius 2 is 1.73 bits per heavy atom. The molecular formula is C26H29ClF2N2OS. The van der Waals surface area contributed by atoms with Crippen molar-refractivity contribution in [1.82, 2.24) is 10.3 Å². The second kappa shape index (κ2) is 11.6. The highest BCUT2D eigenvalue weighted by atomic mass is 35.5. The molecule has 3 aromatic rings. The van der Waals surface area contributed by atoms with E-state index in [1.165, 1.54) is 17.8 Å². The van der Waals surface area contributed by atoms with Crippen molar-refractivity contribution in [3.05, 3.63) is 87.2 Å². The van der Waals surface area contributed by atoms with E-state index in [-0.39, 0.29) is 5.56 Å². The topological polar surface area (TPSA) is 42.0 Å². The highest BCUT2D eigenvalue weighted by molar-refractivity contribution is 7.99. The number of hydrogen-bond donors (Lipinski definition) is 1. The molecule has 0 unspecified atom stereocenters. The van der Waals surface area contributed by atoms with Crippen LogP contribution in [-0.2, 0) is 5.92 Å². The lowest BCUT2D eigenvalue weighted by atomic mass is 10.00. The van der Waals surface area contributed by atoms with Crippen molar-refractivity contribution in [2.24, 2.45) is 0 Å². The molecule has 0 atom stereocenters. The molecular weight excluding hydrogens is 462 g/mol.